The standard InChI is InChI=1S/C18H20N2/c1-3-5-14-12(2)20-11-10-16(14)17-9-8-13-6-4-7-15(13)18(17)19/h3,5,8-11H,4,6-7,19H2,1-2H3/b5-3-. The number of nitrogen functional groups attached to an aromatic ring is 1. The zero-order valence-electron chi connectivity index (χ0n) is 12.1. The van der Waals surface area contributed by atoms with Gasteiger partial charge in [0.1, 0.15) is 0 Å². The molecule has 0 aliphatic heterocycles. The number of benzene rings is 1. The summed E-state index contributed by atoms with van der Waals surface area (Å²) in [7, 11) is 0. The van der Waals surface area contributed by atoms with Gasteiger partial charge in [-0.2, -0.15) is 0 Å². The van der Waals surface area contributed by atoms with Crippen LogP contribution in [-0.2, 0) is 12.8 Å². The molecule has 0 saturated carbocycles. The molecule has 1 heterocycles. The van der Waals surface area contributed by atoms with E-state index in [1.54, 1.807) is 0 Å². The zero-order chi connectivity index (χ0) is 14.1. The molecule has 3 rings (SSSR count). The van der Waals surface area contributed by atoms with Gasteiger partial charge >= 0.3 is 0 Å². The van der Waals surface area contributed by atoms with Crippen LogP contribution in [0, 0.1) is 6.92 Å². The third-order valence-electron chi connectivity index (χ3n) is 4.14. The molecule has 20 heavy (non-hydrogen) atoms. The summed E-state index contributed by atoms with van der Waals surface area (Å²) in [6.07, 6.45) is 9.53. The second-order valence-electron chi connectivity index (χ2n) is 5.38. The molecule has 1 aliphatic rings. The Bertz CT molecular complexity index is 684. The first-order valence-corrected chi connectivity index (χ1v) is 7.21. The topological polar surface area (TPSA) is 38.9 Å². The van der Waals surface area contributed by atoms with Crippen LogP contribution in [-0.4, -0.2) is 4.98 Å². The van der Waals surface area contributed by atoms with Gasteiger partial charge in [0.25, 0.3) is 0 Å². The van der Waals surface area contributed by atoms with Crippen molar-refractivity contribution in [2.24, 2.45) is 0 Å². The number of allylic oxidation sites excluding steroid dienone is 1. The molecular formula is C18H20N2. The Morgan fingerprint density at radius 1 is 1.15 bits per heavy atom. The highest BCUT2D eigenvalue weighted by atomic mass is 14.7. The van der Waals surface area contributed by atoms with Crippen LogP contribution in [0.4, 0.5) is 5.69 Å². The number of aryl methyl sites for hydroxylation is 2. The Morgan fingerprint density at radius 2 is 2.00 bits per heavy atom. The Morgan fingerprint density at radius 3 is 2.80 bits per heavy atom. The third kappa shape index (κ3) is 2.01. The first-order chi connectivity index (χ1) is 9.72. The first-order valence-electron chi connectivity index (χ1n) is 7.21. The number of pyridine rings is 1. The predicted octanol–water partition coefficient (Wildman–Crippen LogP) is 4.16. The molecule has 0 unspecified atom stereocenters. The van der Waals surface area contributed by atoms with Gasteiger partial charge in [0.2, 0.25) is 0 Å². The minimum Gasteiger partial charge on any atom is -0.398 e. The maximum absolute atomic E-state index is 6.44. The molecule has 0 atom stereocenters. The van der Waals surface area contributed by atoms with E-state index in [0.717, 1.165) is 29.8 Å². The van der Waals surface area contributed by atoms with Crippen LogP contribution in [0.15, 0.2) is 30.5 Å². The smallest absolute Gasteiger partial charge is 0.0451 e. The van der Waals surface area contributed by atoms with E-state index in [0.29, 0.717) is 0 Å². The fourth-order valence-electron chi connectivity index (χ4n) is 3.12. The van der Waals surface area contributed by atoms with Crippen molar-refractivity contribution < 1.29 is 0 Å². The van der Waals surface area contributed by atoms with Gasteiger partial charge in [-0.15, -0.1) is 0 Å². The Labute approximate surface area is 120 Å². The molecule has 1 aromatic heterocycles. The van der Waals surface area contributed by atoms with Crippen molar-refractivity contribution in [1.29, 1.82) is 0 Å². The van der Waals surface area contributed by atoms with E-state index in [1.807, 2.05) is 20.0 Å². The van der Waals surface area contributed by atoms with Gasteiger partial charge in [-0.05, 0) is 55.9 Å². The lowest BCUT2D eigenvalue weighted by Crippen LogP contribution is -1.99. The van der Waals surface area contributed by atoms with Crippen molar-refractivity contribution in [2.45, 2.75) is 33.1 Å². The Hall–Kier alpha value is -2.09. The Balaban J connectivity index is 2.22. The number of hydrogen-bond donors (Lipinski definition) is 1. The van der Waals surface area contributed by atoms with Gasteiger partial charge in [0.15, 0.2) is 0 Å². The molecule has 2 nitrogen and oxygen atoms in total. The van der Waals surface area contributed by atoms with Crippen LogP contribution in [0.5, 0.6) is 0 Å². The number of hydrogen-bond acceptors (Lipinski definition) is 2. The average molecular weight is 264 g/mol. The molecule has 0 radical (unpaired) electrons. The van der Waals surface area contributed by atoms with Gasteiger partial charge in [-0.1, -0.05) is 24.3 Å². The van der Waals surface area contributed by atoms with E-state index < -0.39 is 0 Å². The lowest BCUT2D eigenvalue weighted by atomic mass is 9.94. The summed E-state index contributed by atoms with van der Waals surface area (Å²) >= 11 is 0. The lowest BCUT2D eigenvalue weighted by Gasteiger charge is -2.14. The summed E-state index contributed by atoms with van der Waals surface area (Å²) < 4.78 is 0. The van der Waals surface area contributed by atoms with E-state index in [1.165, 1.54) is 28.7 Å². The van der Waals surface area contributed by atoms with Crippen molar-refractivity contribution >= 4 is 11.8 Å². The van der Waals surface area contributed by atoms with Crippen molar-refractivity contribution in [2.75, 3.05) is 5.73 Å². The maximum Gasteiger partial charge on any atom is 0.0451 e. The van der Waals surface area contributed by atoms with E-state index in [4.69, 9.17) is 5.73 Å². The molecule has 2 N–H and O–H groups in total. The molecule has 0 saturated heterocycles. The first kappa shape index (κ1) is 12.9. The summed E-state index contributed by atoms with van der Waals surface area (Å²) in [5.41, 5.74) is 14.7. The van der Waals surface area contributed by atoms with Gasteiger partial charge in [0.05, 0.1) is 0 Å². The molecule has 2 aromatic rings. The lowest BCUT2D eigenvalue weighted by molar-refractivity contribution is 0.912. The summed E-state index contributed by atoms with van der Waals surface area (Å²) in [6.45, 7) is 4.07. The Kier molecular flexibility index (Phi) is 3.31. The van der Waals surface area contributed by atoms with Crippen LogP contribution in [0.2, 0.25) is 0 Å². The van der Waals surface area contributed by atoms with Crippen LogP contribution >= 0.6 is 0 Å². The largest absolute Gasteiger partial charge is 0.398 e. The number of fused-ring (bicyclic) bond motifs is 1. The molecule has 0 fully saturated rings. The number of aromatic nitrogens is 1. The van der Waals surface area contributed by atoms with Crippen molar-refractivity contribution in [3.05, 3.63) is 52.9 Å². The molecule has 1 aromatic carbocycles. The molecule has 0 spiro atoms. The monoisotopic (exact) mass is 264 g/mol. The van der Waals surface area contributed by atoms with Crippen molar-refractivity contribution in [1.82, 2.24) is 4.98 Å². The van der Waals surface area contributed by atoms with Crippen LogP contribution in [0.1, 0.15) is 35.7 Å². The normalized spacial score (nSPS) is 13.9. The highest BCUT2D eigenvalue weighted by Gasteiger charge is 2.18. The minimum absolute atomic E-state index is 0.955. The molecule has 2 heteroatoms. The second kappa shape index (κ2) is 5.12. The highest BCUT2D eigenvalue weighted by molar-refractivity contribution is 5.85. The maximum atomic E-state index is 6.44. The fourth-order valence-corrected chi connectivity index (χ4v) is 3.12. The van der Waals surface area contributed by atoms with Gasteiger partial charge in [-0.3, -0.25) is 4.98 Å². The van der Waals surface area contributed by atoms with E-state index in [-0.39, 0.29) is 0 Å². The molecular weight excluding hydrogens is 244 g/mol. The number of anilines is 1. The van der Waals surface area contributed by atoms with Gasteiger partial charge in [0, 0.05) is 28.7 Å². The fraction of sp³-hybridized carbons (Fsp3) is 0.278. The summed E-state index contributed by atoms with van der Waals surface area (Å²) in [5, 5.41) is 0. The van der Waals surface area contributed by atoms with E-state index in [2.05, 4.69) is 35.3 Å². The second-order valence-corrected chi connectivity index (χ2v) is 5.38. The zero-order valence-corrected chi connectivity index (χ0v) is 12.1. The van der Waals surface area contributed by atoms with Crippen LogP contribution < -0.4 is 5.73 Å². The number of nitrogens with two attached hydrogens (primary N) is 1. The number of nitrogens with zero attached hydrogens (tertiary/aromatic N) is 1. The summed E-state index contributed by atoms with van der Waals surface area (Å²) in [5.74, 6) is 0. The molecule has 0 amide bonds. The van der Waals surface area contributed by atoms with E-state index in [9.17, 15) is 0 Å². The molecule has 102 valence electrons. The van der Waals surface area contributed by atoms with E-state index >= 15 is 0 Å². The predicted molar refractivity (Wildman–Crippen MR) is 85.6 cm³/mol. The van der Waals surface area contributed by atoms with Gasteiger partial charge in [-0.25, -0.2) is 0 Å². The number of rotatable bonds is 2. The van der Waals surface area contributed by atoms with Crippen molar-refractivity contribution in [3.8, 4) is 11.1 Å². The average Bonchev–Trinajstić information content (AvgIpc) is 2.91. The van der Waals surface area contributed by atoms with Crippen LogP contribution in [0.3, 0.4) is 0 Å². The highest BCUT2D eigenvalue weighted by Crippen LogP contribution is 2.37. The SMILES string of the molecule is C/C=C\c1c(-c2ccc3c(c2N)CCC3)ccnc1C. The summed E-state index contributed by atoms with van der Waals surface area (Å²) in [6, 6.07) is 6.47. The van der Waals surface area contributed by atoms with Crippen molar-refractivity contribution in [3.63, 3.8) is 0 Å². The van der Waals surface area contributed by atoms with Gasteiger partial charge < -0.3 is 5.73 Å². The summed E-state index contributed by atoms with van der Waals surface area (Å²) in [4.78, 5) is 4.39. The molecule has 1 aliphatic carbocycles. The van der Waals surface area contributed by atoms with Crippen LogP contribution in [0.25, 0.3) is 17.2 Å². The third-order valence-corrected chi connectivity index (χ3v) is 4.14. The quantitative estimate of drug-likeness (QED) is 0.827. The molecule has 0 bridgehead atoms. The minimum atomic E-state index is 0.955.